The number of ether oxygens (including phenoxy) is 1. The first-order valence-corrected chi connectivity index (χ1v) is 5.40. The minimum atomic E-state index is 0.306. The van der Waals surface area contributed by atoms with Crippen LogP contribution in [0.25, 0.3) is 0 Å². The van der Waals surface area contributed by atoms with E-state index in [0.717, 1.165) is 37.4 Å². The van der Waals surface area contributed by atoms with Crippen molar-refractivity contribution in [2.75, 3.05) is 6.61 Å². The lowest BCUT2D eigenvalue weighted by Crippen LogP contribution is -2.11. The molecule has 0 saturated carbocycles. The van der Waals surface area contributed by atoms with Gasteiger partial charge >= 0.3 is 0 Å². The van der Waals surface area contributed by atoms with Crippen molar-refractivity contribution in [2.45, 2.75) is 31.2 Å². The predicted octanol–water partition coefficient (Wildman–Crippen LogP) is 1.94. The van der Waals surface area contributed by atoms with E-state index in [9.17, 15) is 0 Å². The van der Waals surface area contributed by atoms with Gasteiger partial charge in [0.15, 0.2) is 0 Å². The van der Waals surface area contributed by atoms with Crippen molar-refractivity contribution in [3.05, 3.63) is 23.8 Å². The molecule has 0 radical (unpaired) electrons. The molecule has 0 aromatic carbocycles. The molecule has 0 amide bonds. The number of alkyl halides is 1. The van der Waals surface area contributed by atoms with Gasteiger partial charge in [0.1, 0.15) is 5.82 Å². The summed E-state index contributed by atoms with van der Waals surface area (Å²) in [5, 5.41) is 0. The van der Waals surface area contributed by atoms with Gasteiger partial charge in [-0.2, -0.15) is 0 Å². The molecule has 14 heavy (non-hydrogen) atoms. The Morgan fingerprint density at radius 3 is 3.21 bits per heavy atom. The first-order chi connectivity index (χ1) is 6.88. The van der Waals surface area contributed by atoms with Crippen LogP contribution in [0.1, 0.15) is 24.4 Å². The molecule has 2 rings (SSSR count). The third-order valence-electron chi connectivity index (χ3n) is 2.33. The Bertz CT molecular complexity index is 300. The van der Waals surface area contributed by atoms with Gasteiger partial charge in [-0.3, -0.25) is 0 Å². The summed E-state index contributed by atoms with van der Waals surface area (Å²) in [4.78, 5) is 8.53. The van der Waals surface area contributed by atoms with E-state index in [-0.39, 0.29) is 0 Å². The summed E-state index contributed by atoms with van der Waals surface area (Å²) in [6.45, 7) is 0.875. The molecule has 3 nitrogen and oxygen atoms in total. The van der Waals surface area contributed by atoms with Gasteiger partial charge in [-0.25, -0.2) is 9.97 Å². The molecule has 0 bridgehead atoms. The third-order valence-corrected chi connectivity index (χ3v) is 2.61. The zero-order chi connectivity index (χ0) is 9.80. The first kappa shape index (κ1) is 9.87. The van der Waals surface area contributed by atoms with E-state index in [1.807, 2.05) is 6.07 Å². The largest absolute Gasteiger partial charge is 0.378 e. The van der Waals surface area contributed by atoms with Gasteiger partial charge in [0.05, 0.1) is 17.7 Å². The Morgan fingerprint density at radius 2 is 2.50 bits per heavy atom. The lowest BCUT2D eigenvalue weighted by Gasteiger charge is -2.07. The van der Waals surface area contributed by atoms with Crippen molar-refractivity contribution < 1.29 is 4.74 Å². The van der Waals surface area contributed by atoms with Crippen molar-refractivity contribution in [1.29, 1.82) is 0 Å². The maximum Gasteiger partial charge on any atom is 0.131 e. The number of halogens is 1. The Hall–Kier alpha value is -0.670. The van der Waals surface area contributed by atoms with Crippen molar-refractivity contribution in [3.63, 3.8) is 0 Å². The molecule has 1 aromatic rings. The van der Waals surface area contributed by atoms with E-state index in [1.54, 1.807) is 6.20 Å². The normalized spacial score (nSPS) is 21.4. The minimum absolute atomic E-state index is 0.306. The van der Waals surface area contributed by atoms with Crippen LogP contribution in [0.3, 0.4) is 0 Å². The summed E-state index contributed by atoms with van der Waals surface area (Å²) >= 11 is 5.69. The number of nitrogens with zero attached hydrogens (tertiary/aromatic N) is 2. The lowest BCUT2D eigenvalue weighted by molar-refractivity contribution is 0.110. The Morgan fingerprint density at radius 1 is 1.57 bits per heavy atom. The van der Waals surface area contributed by atoms with Crippen molar-refractivity contribution in [2.24, 2.45) is 0 Å². The fourth-order valence-electron chi connectivity index (χ4n) is 1.62. The monoisotopic (exact) mass is 212 g/mol. The van der Waals surface area contributed by atoms with Gasteiger partial charge in [0.2, 0.25) is 0 Å². The third kappa shape index (κ3) is 2.42. The number of rotatable bonds is 3. The summed E-state index contributed by atoms with van der Waals surface area (Å²) in [5.41, 5.74) is 0.884. The summed E-state index contributed by atoms with van der Waals surface area (Å²) < 4.78 is 5.52. The second kappa shape index (κ2) is 4.71. The Balaban J connectivity index is 2.00. The minimum Gasteiger partial charge on any atom is -0.378 e. The molecule has 1 atom stereocenters. The van der Waals surface area contributed by atoms with E-state index >= 15 is 0 Å². The van der Waals surface area contributed by atoms with Gasteiger partial charge in [-0.05, 0) is 18.9 Å². The van der Waals surface area contributed by atoms with Crippen LogP contribution in [-0.2, 0) is 17.0 Å². The number of aromatic nitrogens is 2. The van der Waals surface area contributed by atoms with Gasteiger partial charge in [0, 0.05) is 19.2 Å². The van der Waals surface area contributed by atoms with E-state index in [1.165, 1.54) is 0 Å². The zero-order valence-electron chi connectivity index (χ0n) is 7.95. The highest BCUT2D eigenvalue weighted by molar-refractivity contribution is 6.16. The maximum absolute atomic E-state index is 5.69. The molecule has 0 N–H and O–H groups in total. The SMILES string of the molecule is ClCc1ccnc(CC2CCCO2)n1. The smallest absolute Gasteiger partial charge is 0.131 e. The Labute approximate surface area is 88.5 Å². The molecule has 0 aliphatic carbocycles. The molecule has 4 heteroatoms. The molecule has 1 aromatic heterocycles. The molecule has 1 unspecified atom stereocenters. The Kier molecular flexibility index (Phi) is 3.32. The van der Waals surface area contributed by atoms with E-state index in [2.05, 4.69) is 9.97 Å². The van der Waals surface area contributed by atoms with Gasteiger partial charge < -0.3 is 4.74 Å². The second-order valence-corrected chi connectivity index (χ2v) is 3.70. The summed E-state index contributed by atoms with van der Waals surface area (Å²) in [6, 6.07) is 1.84. The van der Waals surface area contributed by atoms with Crippen LogP contribution < -0.4 is 0 Å². The van der Waals surface area contributed by atoms with Crippen molar-refractivity contribution in [3.8, 4) is 0 Å². The quantitative estimate of drug-likeness (QED) is 0.719. The van der Waals surface area contributed by atoms with Gasteiger partial charge in [-0.1, -0.05) is 0 Å². The molecule has 2 heterocycles. The predicted molar refractivity (Wildman–Crippen MR) is 54.3 cm³/mol. The highest BCUT2D eigenvalue weighted by Gasteiger charge is 2.17. The van der Waals surface area contributed by atoms with Crippen LogP contribution in [0.5, 0.6) is 0 Å². The van der Waals surface area contributed by atoms with Crippen molar-refractivity contribution in [1.82, 2.24) is 9.97 Å². The zero-order valence-corrected chi connectivity index (χ0v) is 8.70. The van der Waals surface area contributed by atoms with Crippen LogP contribution in [0, 0.1) is 0 Å². The fourth-order valence-corrected chi connectivity index (χ4v) is 1.77. The summed E-state index contributed by atoms with van der Waals surface area (Å²) in [6.07, 6.45) is 5.15. The van der Waals surface area contributed by atoms with Crippen LogP contribution in [0.15, 0.2) is 12.3 Å². The van der Waals surface area contributed by atoms with Gasteiger partial charge in [-0.15, -0.1) is 11.6 Å². The molecule has 1 aliphatic rings. The summed E-state index contributed by atoms with van der Waals surface area (Å²) in [7, 11) is 0. The van der Waals surface area contributed by atoms with Crippen LogP contribution >= 0.6 is 11.6 Å². The molecular weight excluding hydrogens is 200 g/mol. The van der Waals surface area contributed by atoms with Crippen molar-refractivity contribution >= 4 is 11.6 Å². The number of hydrogen-bond acceptors (Lipinski definition) is 3. The van der Waals surface area contributed by atoms with Crippen LogP contribution in [0.2, 0.25) is 0 Å². The van der Waals surface area contributed by atoms with Crippen LogP contribution in [-0.4, -0.2) is 22.7 Å². The molecule has 1 fully saturated rings. The standard InChI is InChI=1S/C10H13ClN2O/c11-7-8-3-4-12-10(13-8)6-9-2-1-5-14-9/h3-4,9H,1-2,5-7H2. The topological polar surface area (TPSA) is 35.0 Å². The van der Waals surface area contributed by atoms with E-state index in [4.69, 9.17) is 16.3 Å². The average molecular weight is 213 g/mol. The second-order valence-electron chi connectivity index (χ2n) is 3.44. The van der Waals surface area contributed by atoms with Gasteiger partial charge in [0.25, 0.3) is 0 Å². The summed E-state index contributed by atoms with van der Waals surface area (Å²) in [5.74, 6) is 1.29. The van der Waals surface area contributed by atoms with E-state index in [0.29, 0.717) is 12.0 Å². The lowest BCUT2D eigenvalue weighted by atomic mass is 10.2. The first-order valence-electron chi connectivity index (χ1n) is 4.87. The fraction of sp³-hybridized carbons (Fsp3) is 0.600. The highest BCUT2D eigenvalue weighted by Crippen LogP contribution is 2.15. The number of hydrogen-bond donors (Lipinski definition) is 0. The molecule has 0 spiro atoms. The maximum atomic E-state index is 5.69. The molecule has 76 valence electrons. The molecule has 1 aliphatic heterocycles. The van der Waals surface area contributed by atoms with Crippen LogP contribution in [0.4, 0.5) is 0 Å². The molecule has 1 saturated heterocycles. The van der Waals surface area contributed by atoms with E-state index < -0.39 is 0 Å². The average Bonchev–Trinajstić information content (AvgIpc) is 2.71. The molecular formula is C10H13ClN2O. The highest BCUT2D eigenvalue weighted by atomic mass is 35.5.